The lowest BCUT2D eigenvalue weighted by Gasteiger charge is -2.28. The van der Waals surface area contributed by atoms with Crippen molar-refractivity contribution in [3.63, 3.8) is 0 Å². The fourth-order valence-electron chi connectivity index (χ4n) is 3.93. The fraction of sp³-hybridized carbons (Fsp3) is 0.214. The van der Waals surface area contributed by atoms with Crippen LogP contribution in [-0.4, -0.2) is 12.6 Å². The van der Waals surface area contributed by atoms with Crippen LogP contribution >= 0.6 is 0 Å². The van der Waals surface area contributed by atoms with E-state index in [0.717, 1.165) is 29.5 Å². The maximum atomic E-state index is 12.4. The number of benzene rings is 3. The van der Waals surface area contributed by atoms with Gasteiger partial charge in [-0.15, -0.1) is 0 Å². The maximum Gasteiger partial charge on any atom is 0.315 e. The number of allylic oxidation sites excluding steroid dienone is 1. The number of fused-ring (bicyclic) bond motifs is 1. The monoisotopic (exact) mass is 454 g/mol. The third kappa shape index (κ3) is 5.05. The molecule has 1 aliphatic heterocycles. The lowest BCUT2D eigenvalue weighted by Crippen LogP contribution is -2.21. The second-order valence-electron chi connectivity index (χ2n) is 8.00. The van der Waals surface area contributed by atoms with Gasteiger partial charge in [0.25, 0.3) is 0 Å². The van der Waals surface area contributed by atoms with Crippen molar-refractivity contribution in [1.82, 2.24) is 0 Å². The quantitative estimate of drug-likeness (QED) is 0.284. The molecule has 0 aliphatic carbocycles. The third-order valence-corrected chi connectivity index (χ3v) is 5.60. The van der Waals surface area contributed by atoms with E-state index in [0.29, 0.717) is 29.4 Å². The molecular weight excluding hydrogens is 428 g/mol. The minimum absolute atomic E-state index is 0.0242. The maximum absolute atomic E-state index is 12.4. The van der Waals surface area contributed by atoms with Gasteiger partial charge in [0.05, 0.1) is 18.9 Å². The summed E-state index contributed by atoms with van der Waals surface area (Å²) in [5.41, 5.74) is 8.90. The summed E-state index contributed by atoms with van der Waals surface area (Å²) in [6, 6.07) is 24.4. The average Bonchev–Trinajstić information content (AvgIpc) is 2.84. The lowest BCUT2D eigenvalue weighted by atomic mass is 9.83. The largest absolute Gasteiger partial charge is 0.493 e. The molecule has 34 heavy (non-hydrogen) atoms. The molecule has 1 atom stereocenters. The van der Waals surface area contributed by atoms with Crippen molar-refractivity contribution in [2.75, 3.05) is 6.61 Å². The van der Waals surface area contributed by atoms with Crippen molar-refractivity contribution >= 4 is 5.97 Å². The van der Waals surface area contributed by atoms with Gasteiger partial charge in [-0.3, -0.25) is 4.79 Å². The SMILES string of the molecule is CCCCOc1ccccc1C1C(C#N)=C(N)Oc2cc(OC(=O)Cc3ccccc3)ccc21. The van der Waals surface area contributed by atoms with Crippen LogP contribution < -0.4 is 19.9 Å². The van der Waals surface area contributed by atoms with Gasteiger partial charge < -0.3 is 19.9 Å². The summed E-state index contributed by atoms with van der Waals surface area (Å²) in [5.74, 6) is 0.674. The summed E-state index contributed by atoms with van der Waals surface area (Å²) in [5, 5.41) is 9.86. The number of nitriles is 1. The molecule has 172 valence electrons. The fourth-order valence-corrected chi connectivity index (χ4v) is 3.93. The number of esters is 1. The van der Waals surface area contributed by atoms with Gasteiger partial charge in [-0.1, -0.05) is 67.9 Å². The van der Waals surface area contributed by atoms with E-state index in [1.54, 1.807) is 18.2 Å². The Kier molecular flexibility index (Phi) is 7.14. The van der Waals surface area contributed by atoms with Crippen LogP contribution in [0.5, 0.6) is 17.2 Å². The van der Waals surface area contributed by atoms with Crippen LogP contribution in [0.3, 0.4) is 0 Å². The van der Waals surface area contributed by atoms with Crippen LogP contribution in [-0.2, 0) is 11.2 Å². The molecule has 0 saturated heterocycles. The van der Waals surface area contributed by atoms with Gasteiger partial charge in [-0.2, -0.15) is 5.26 Å². The molecule has 0 bridgehead atoms. The Labute approximate surface area is 199 Å². The Morgan fingerprint density at radius 3 is 2.59 bits per heavy atom. The number of rotatable bonds is 8. The molecule has 3 aromatic carbocycles. The van der Waals surface area contributed by atoms with Gasteiger partial charge in [-0.25, -0.2) is 0 Å². The molecule has 0 radical (unpaired) electrons. The molecule has 1 heterocycles. The first-order valence-electron chi connectivity index (χ1n) is 11.3. The lowest BCUT2D eigenvalue weighted by molar-refractivity contribution is -0.133. The summed E-state index contributed by atoms with van der Waals surface area (Å²) in [6.45, 7) is 2.69. The summed E-state index contributed by atoms with van der Waals surface area (Å²) in [4.78, 5) is 12.4. The summed E-state index contributed by atoms with van der Waals surface area (Å²) >= 11 is 0. The number of ether oxygens (including phenoxy) is 3. The van der Waals surface area contributed by atoms with Gasteiger partial charge in [-0.05, 0) is 24.1 Å². The molecule has 2 N–H and O–H groups in total. The number of hydrogen-bond acceptors (Lipinski definition) is 6. The number of carbonyl (C=O) groups is 1. The van der Waals surface area contributed by atoms with E-state index in [2.05, 4.69) is 13.0 Å². The van der Waals surface area contributed by atoms with Crippen molar-refractivity contribution in [3.05, 3.63) is 101 Å². The van der Waals surface area contributed by atoms with Gasteiger partial charge >= 0.3 is 5.97 Å². The Morgan fingerprint density at radius 1 is 1.06 bits per heavy atom. The van der Waals surface area contributed by atoms with Gasteiger partial charge in [0.2, 0.25) is 5.88 Å². The molecule has 0 amide bonds. The predicted molar refractivity (Wildman–Crippen MR) is 128 cm³/mol. The van der Waals surface area contributed by atoms with Crippen molar-refractivity contribution in [3.8, 4) is 23.3 Å². The first-order chi connectivity index (χ1) is 16.6. The highest BCUT2D eigenvalue weighted by molar-refractivity contribution is 5.75. The van der Waals surface area contributed by atoms with E-state index in [1.807, 2.05) is 54.6 Å². The normalized spacial score (nSPS) is 14.5. The molecule has 3 aromatic rings. The Morgan fingerprint density at radius 2 is 1.82 bits per heavy atom. The molecule has 0 spiro atoms. The number of hydrogen-bond donors (Lipinski definition) is 1. The minimum Gasteiger partial charge on any atom is -0.493 e. The molecule has 0 aromatic heterocycles. The number of nitrogens with zero attached hydrogens (tertiary/aromatic N) is 1. The molecular formula is C28H26N2O4. The summed E-state index contributed by atoms with van der Waals surface area (Å²) < 4.78 is 17.3. The van der Waals surface area contributed by atoms with E-state index in [9.17, 15) is 10.1 Å². The topological polar surface area (TPSA) is 94.6 Å². The number of nitrogens with two attached hydrogens (primary N) is 1. The highest BCUT2D eigenvalue weighted by Gasteiger charge is 2.33. The Hall–Kier alpha value is -4.24. The third-order valence-electron chi connectivity index (χ3n) is 5.60. The molecule has 0 fully saturated rings. The molecule has 0 saturated carbocycles. The van der Waals surface area contributed by atoms with Crippen LogP contribution in [0.1, 0.15) is 42.4 Å². The molecule has 6 nitrogen and oxygen atoms in total. The van der Waals surface area contributed by atoms with Crippen molar-refractivity contribution in [1.29, 1.82) is 5.26 Å². The van der Waals surface area contributed by atoms with E-state index in [-0.39, 0.29) is 18.3 Å². The standard InChI is InChI=1S/C28H26N2O4/c1-2-3-15-32-24-12-8-7-11-21(24)27-22-14-13-20(17-25(22)34-28(30)23(27)18-29)33-26(31)16-19-9-5-4-6-10-19/h4-14,17,27H,2-3,15-16,30H2,1H3. The zero-order valence-electron chi connectivity index (χ0n) is 19.0. The van der Waals surface area contributed by atoms with Crippen LogP contribution in [0.4, 0.5) is 0 Å². The summed E-state index contributed by atoms with van der Waals surface area (Å²) in [7, 11) is 0. The van der Waals surface area contributed by atoms with Crippen molar-refractivity contribution in [2.45, 2.75) is 32.1 Å². The van der Waals surface area contributed by atoms with Gasteiger partial charge in [0, 0.05) is 17.2 Å². The van der Waals surface area contributed by atoms with Crippen LogP contribution in [0.2, 0.25) is 0 Å². The number of para-hydroxylation sites is 1. The van der Waals surface area contributed by atoms with Crippen LogP contribution in [0.15, 0.2) is 84.3 Å². The molecule has 1 aliphatic rings. The van der Waals surface area contributed by atoms with Gasteiger partial charge in [0.1, 0.15) is 28.9 Å². The zero-order chi connectivity index (χ0) is 23.9. The van der Waals surface area contributed by atoms with E-state index >= 15 is 0 Å². The first kappa shape index (κ1) is 22.9. The second-order valence-corrected chi connectivity index (χ2v) is 8.00. The minimum atomic E-state index is -0.458. The van der Waals surface area contributed by atoms with E-state index in [1.165, 1.54) is 0 Å². The number of carbonyl (C=O) groups excluding carboxylic acids is 1. The Balaban J connectivity index is 1.64. The predicted octanol–water partition coefficient (Wildman–Crippen LogP) is 5.23. The highest BCUT2D eigenvalue weighted by atomic mass is 16.5. The Bertz CT molecular complexity index is 1240. The average molecular weight is 455 g/mol. The van der Waals surface area contributed by atoms with E-state index in [4.69, 9.17) is 19.9 Å². The van der Waals surface area contributed by atoms with Crippen LogP contribution in [0, 0.1) is 11.3 Å². The summed E-state index contributed by atoms with van der Waals surface area (Å²) in [6.07, 6.45) is 2.11. The highest BCUT2D eigenvalue weighted by Crippen LogP contribution is 2.45. The number of unbranched alkanes of at least 4 members (excludes halogenated alkanes) is 1. The van der Waals surface area contributed by atoms with E-state index < -0.39 is 5.92 Å². The zero-order valence-corrected chi connectivity index (χ0v) is 19.0. The van der Waals surface area contributed by atoms with Gasteiger partial charge in [0.15, 0.2) is 0 Å². The van der Waals surface area contributed by atoms with Crippen molar-refractivity contribution < 1.29 is 19.0 Å². The van der Waals surface area contributed by atoms with Crippen LogP contribution in [0.25, 0.3) is 0 Å². The molecule has 6 heteroatoms. The van der Waals surface area contributed by atoms with Crippen molar-refractivity contribution in [2.24, 2.45) is 5.73 Å². The smallest absolute Gasteiger partial charge is 0.315 e. The first-order valence-corrected chi connectivity index (χ1v) is 11.3. The molecule has 1 unspecified atom stereocenters. The second kappa shape index (κ2) is 10.6. The molecule has 4 rings (SSSR count).